The van der Waals surface area contributed by atoms with Gasteiger partial charge in [-0.2, -0.15) is 0 Å². The summed E-state index contributed by atoms with van der Waals surface area (Å²) in [6.45, 7) is 5.84. The Morgan fingerprint density at radius 3 is 1.90 bits per heavy atom. The van der Waals surface area contributed by atoms with Crippen LogP contribution in [0.5, 0.6) is 0 Å². The number of carboxylic acids is 1. The molecule has 1 amide bonds. The number of carbonyl (C=O) groups is 4. The van der Waals surface area contributed by atoms with Crippen LogP contribution in [0.1, 0.15) is 114 Å². The number of ketones is 1. The summed E-state index contributed by atoms with van der Waals surface area (Å²) >= 11 is 0. The summed E-state index contributed by atoms with van der Waals surface area (Å²) in [6.07, 6.45) is 11.9. The predicted molar refractivity (Wildman–Crippen MR) is 162 cm³/mol. The number of benzene rings is 2. The van der Waals surface area contributed by atoms with Gasteiger partial charge in [0.15, 0.2) is 0 Å². The number of ether oxygens (including phenoxy) is 1. The maximum atomic E-state index is 13.1. The molecule has 0 spiro atoms. The number of hydrogen-bond donors (Lipinski definition) is 1. The Balaban J connectivity index is 2.05. The lowest BCUT2D eigenvalue weighted by atomic mass is 9.93. The minimum Gasteiger partial charge on any atom is -0.481 e. The van der Waals surface area contributed by atoms with Crippen LogP contribution in [0.25, 0.3) is 0 Å². The first-order chi connectivity index (χ1) is 19.8. The molecule has 0 saturated carbocycles. The minimum absolute atomic E-state index is 0.0811. The molecule has 7 nitrogen and oxygen atoms in total. The van der Waals surface area contributed by atoms with Crippen LogP contribution in [0.2, 0.25) is 0 Å². The first-order valence-electron chi connectivity index (χ1n) is 15.1. The van der Waals surface area contributed by atoms with Crippen LogP contribution in [0, 0.1) is 0 Å². The number of amides is 1. The van der Waals surface area contributed by atoms with Gasteiger partial charge < -0.3 is 14.7 Å². The molecule has 0 aliphatic carbocycles. The maximum absolute atomic E-state index is 13.1. The summed E-state index contributed by atoms with van der Waals surface area (Å²) < 4.78 is 5.57. The van der Waals surface area contributed by atoms with Crippen molar-refractivity contribution in [3.63, 3.8) is 0 Å². The molecule has 2 aromatic rings. The zero-order valence-corrected chi connectivity index (χ0v) is 25.0. The van der Waals surface area contributed by atoms with Gasteiger partial charge in [0.25, 0.3) is 0 Å². The van der Waals surface area contributed by atoms with Gasteiger partial charge in [-0.1, -0.05) is 114 Å². The maximum Gasteiger partial charge on any atom is 0.321 e. The second-order valence-electron chi connectivity index (χ2n) is 10.7. The summed E-state index contributed by atoms with van der Waals surface area (Å²) in [7, 11) is 0. The molecule has 0 radical (unpaired) electrons. The quantitative estimate of drug-likeness (QED) is 0.102. The van der Waals surface area contributed by atoms with Gasteiger partial charge in [0.2, 0.25) is 5.91 Å². The Morgan fingerprint density at radius 1 is 0.780 bits per heavy atom. The second kappa shape index (κ2) is 18.8. The first kappa shape index (κ1) is 33.7. The second-order valence-corrected chi connectivity index (χ2v) is 10.7. The van der Waals surface area contributed by atoms with Crippen LogP contribution in [0.4, 0.5) is 5.69 Å². The van der Waals surface area contributed by atoms with E-state index in [0.29, 0.717) is 16.8 Å². The highest BCUT2D eigenvalue weighted by atomic mass is 16.5. The monoisotopic (exact) mass is 565 g/mol. The molecule has 1 unspecified atom stereocenters. The van der Waals surface area contributed by atoms with Crippen molar-refractivity contribution in [2.75, 3.05) is 11.5 Å². The van der Waals surface area contributed by atoms with E-state index in [2.05, 4.69) is 6.92 Å². The third kappa shape index (κ3) is 11.9. The molecule has 0 fully saturated rings. The SMILES string of the molecule is CCCCCCCCCCCCOC(=O)C(C(C)=O)c1ccccc1N(Cc1ccc(CC(=O)O)cc1)C(=O)CC. The number of aliphatic carboxylic acids is 1. The highest BCUT2D eigenvalue weighted by Gasteiger charge is 2.31. The molecule has 224 valence electrons. The van der Waals surface area contributed by atoms with Gasteiger partial charge >= 0.3 is 11.9 Å². The Labute approximate surface area is 245 Å². The molecule has 7 heteroatoms. The Hall–Kier alpha value is -3.48. The number of nitrogens with zero attached hydrogens (tertiary/aromatic N) is 1. The zero-order chi connectivity index (χ0) is 30.0. The highest BCUT2D eigenvalue weighted by molar-refractivity contribution is 6.06. The fraction of sp³-hybridized carbons (Fsp3) is 0.529. The van der Waals surface area contributed by atoms with Crippen molar-refractivity contribution in [3.8, 4) is 0 Å². The lowest BCUT2D eigenvalue weighted by Gasteiger charge is -2.27. The largest absolute Gasteiger partial charge is 0.481 e. The minimum atomic E-state index is -1.13. The van der Waals surface area contributed by atoms with Gasteiger partial charge in [-0.05, 0) is 36.1 Å². The third-order valence-electron chi connectivity index (χ3n) is 7.25. The van der Waals surface area contributed by atoms with E-state index in [0.717, 1.165) is 24.8 Å². The molecule has 0 aliphatic heterocycles. The average molecular weight is 566 g/mol. The number of unbranched alkanes of at least 4 members (excludes halogenated alkanes) is 9. The van der Waals surface area contributed by atoms with E-state index in [1.165, 1.54) is 51.9 Å². The Bertz CT molecular complexity index is 1110. The molecular weight excluding hydrogens is 518 g/mol. The van der Waals surface area contributed by atoms with Crippen LogP contribution in [-0.4, -0.2) is 35.3 Å². The topological polar surface area (TPSA) is 101 Å². The summed E-state index contributed by atoms with van der Waals surface area (Å²) in [6, 6.07) is 14.0. The normalized spacial score (nSPS) is 11.6. The van der Waals surface area contributed by atoms with Crippen molar-refractivity contribution in [3.05, 3.63) is 65.2 Å². The van der Waals surface area contributed by atoms with Crippen molar-refractivity contribution in [2.24, 2.45) is 0 Å². The number of rotatable bonds is 20. The van der Waals surface area contributed by atoms with E-state index in [-0.39, 0.29) is 37.7 Å². The van der Waals surface area contributed by atoms with Crippen LogP contribution >= 0.6 is 0 Å². The number of carbonyl (C=O) groups excluding carboxylic acids is 3. The van der Waals surface area contributed by atoms with E-state index < -0.39 is 17.9 Å². The van der Waals surface area contributed by atoms with E-state index in [1.54, 1.807) is 60.4 Å². The van der Waals surface area contributed by atoms with Gasteiger partial charge in [0, 0.05) is 12.1 Å². The molecule has 1 N–H and O–H groups in total. The van der Waals surface area contributed by atoms with Gasteiger partial charge in [0.1, 0.15) is 11.7 Å². The van der Waals surface area contributed by atoms with E-state index in [4.69, 9.17) is 9.84 Å². The number of carboxylic acid groups (broad SMARTS) is 1. The van der Waals surface area contributed by atoms with E-state index in [9.17, 15) is 19.2 Å². The molecule has 41 heavy (non-hydrogen) atoms. The number of anilines is 1. The highest BCUT2D eigenvalue weighted by Crippen LogP contribution is 2.31. The molecule has 0 aliphatic rings. The van der Waals surface area contributed by atoms with Crippen molar-refractivity contribution >= 4 is 29.3 Å². The molecule has 0 heterocycles. The first-order valence-corrected chi connectivity index (χ1v) is 15.1. The molecule has 1 atom stereocenters. The summed E-state index contributed by atoms with van der Waals surface area (Å²) in [5, 5.41) is 9.03. The van der Waals surface area contributed by atoms with Gasteiger partial charge in [0.05, 0.1) is 19.6 Å². The van der Waals surface area contributed by atoms with Crippen LogP contribution in [0.3, 0.4) is 0 Å². The van der Waals surface area contributed by atoms with E-state index in [1.807, 2.05) is 0 Å². The zero-order valence-electron chi connectivity index (χ0n) is 25.0. The molecule has 0 aromatic heterocycles. The fourth-order valence-corrected chi connectivity index (χ4v) is 4.95. The van der Waals surface area contributed by atoms with Gasteiger partial charge in [-0.25, -0.2) is 0 Å². The lowest BCUT2D eigenvalue weighted by molar-refractivity contribution is -0.148. The van der Waals surface area contributed by atoms with Crippen molar-refractivity contribution in [1.29, 1.82) is 0 Å². The molecule has 2 rings (SSSR count). The van der Waals surface area contributed by atoms with Crippen molar-refractivity contribution < 1.29 is 29.0 Å². The Kier molecular flexibility index (Phi) is 15.5. The molecular formula is C34H47NO6. The smallest absolute Gasteiger partial charge is 0.321 e. The van der Waals surface area contributed by atoms with Gasteiger partial charge in [-0.3, -0.25) is 19.2 Å². The molecule has 2 aromatic carbocycles. The van der Waals surface area contributed by atoms with E-state index >= 15 is 0 Å². The van der Waals surface area contributed by atoms with Crippen LogP contribution < -0.4 is 4.90 Å². The number of Topliss-reactive ketones (excluding diaryl/α,β-unsaturated/α-hetero) is 1. The lowest BCUT2D eigenvalue weighted by Crippen LogP contribution is -2.32. The van der Waals surface area contributed by atoms with Crippen molar-refractivity contribution in [1.82, 2.24) is 0 Å². The summed E-state index contributed by atoms with van der Waals surface area (Å²) in [5.74, 6) is -3.13. The Morgan fingerprint density at radius 2 is 1.34 bits per heavy atom. The molecule has 0 bridgehead atoms. The van der Waals surface area contributed by atoms with Crippen molar-refractivity contribution in [2.45, 2.75) is 110 Å². The third-order valence-corrected chi connectivity index (χ3v) is 7.25. The number of hydrogen-bond acceptors (Lipinski definition) is 5. The number of esters is 1. The summed E-state index contributed by atoms with van der Waals surface area (Å²) in [4.78, 5) is 51.5. The standard InChI is InChI=1S/C34H47NO6/c1-4-6-7-8-9-10-11-12-13-16-23-41-34(40)33(26(3)36)29-17-14-15-18-30(29)35(31(37)5-2)25-28-21-19-27(20-22-28)24-32(38)39/h14-15,17-22,33H,4-13,16,23-25H2,1-3H3,(H,38,39). The number of para-hydroxylation sites is 1. The predicted octanol–water partition coefficient (Wildman–Crippen LogP) is 7.39. The average Bonchev–Trinajstić information content (AvgIpc) is 2.95. The summed E-state index contributed by atoms with van der Waals surface area (Å²) in [5.41, 5.74) is 2.40. The van der Waals surface area contributed by atoms with Gasteiger partial charge in [-0.15, -0.1) is 0 Å². The molecule has 0 saturated heterocycles. The van der Waals surface area contributed by atoms with Crippen LogP contribution in [-0.2, 0) is 36.9 Å². The van der Waals surface area contributed by atoms with Crippen LogP contribution in [0.15, 0.2) is 48.5 Å². The fourth-order valence-electron chi connectivity index (χ4n) is 4.95.